The maximum Gasteiger partial charge on any atom is 0.287 e. The number of hydrogen-bond donors (Lipinski definition) is 1. The van der Waals surface area contributed by atoms with Crippen LogP contribution >= 0.6 is 11.6 Å². The zero-order valence-corrected chi connectivity index (χ0v) is 16.9. The van der Waals surface area contributed by atoms with Crippen LogP contribution in [0.1, 0.15) is 47.5 Å². The SMILES string of the molecule is Cc1c(C(=O)NC2CCN(C(C)c3ccncc3)CC2)oc2c(Cl)cccc12. The summed E-state index contributed by atoms with van der Waals surface area (Å²) >= 11 is 6.20. The molecule has 1 saturated heterocycles. The molecule has 5 nitrogen and oxygen atoms in total. The van der Waals surface area contributed by atoms with Crippen molar-refractivity contribution in [3.8, 4) is 0 Å². The molecule has 1 aromatic carbocycles. The van der Waals surface area contributed by atoms with Gasteiger partial charge < -0.3 is 9.73 Å². The van der Waals surface area contributed by atoms with Crippen LogP contribution in [0, 0.1) is 6.92 Å². The Morgan fingerprint density at radius 1 is 1.25 bits per heavy atom. The van der Waals surface area contributed by atoms with Gasteiger partial charge in [0.2, 0.25) is 0 Å². The number of para-hydroxylation sites is 1. The van der Waals surface area contributed by atoms with Gasteiger partial charge in [0.1, 0.15) is 0 Å². The number of likely N-dealkylation sites (tertiary alicyclic amines) is 1. The van der Waals surface area contributed by atoms with Gasteiger partial charge in [-0.3, -0.25) is 14.7 Å². The van der Waals surface area contributed by atoms with E-state index < -0.39 is 0 Å². The lowest BCUT2D eigenvalue weighted by atomic mass is 10.0. The molecule has 1 N–H and O–H groups in total. The summed E-state index contributed by atoms with van der Waals surface area (Å²) in [6.45, 7) is 6.00. The third kappa shape index (κ3) is 3.64. The number of benzene rings is 1. The molecule has 0 aliphatic carbocycles. The third-order valence-electron chi connectivity index (χ3n) is 5.72. The Bertz CT molecular complexity index is 978. The minimum absolute atomic E-state index is 0.150. The first-order valence-corrected chi connectivity index (χ1v) is 10.0. The Morgan fingerprint density at radius 2 is 1.96 bits per heavy atom. The first-order chi connectivity index (χ1) is 13.5. The van der Waals surface area contributed by atoms with Crippen LogP contribution in [0.3, 0.4) is 0 Å². The third-order valence-corrected chi connectivity index (χ3v) is 6.02. The Balaban J connectivity index is 1.39. The van der Waals surface area contributed by atoms with E-state index >= 15 is 0 Å². The van der Waals surface area contributed by atoms with Crippen molar-refractivity contribution in [2.24, 2.45) is 0 Å². The summed E-state index contributed by atoms with van der Waals surface area (Å²) < 4.78 is 5.79. The molecular formula is C22H24ClN3O2. The van der Waals surface area contributed by atoms with Gasteiger partial charge in [0.25, 0.3) is 5.91 Å². The molecule has 0 radical (unpaired) electrons. The number of aromatic nitrogens is 1. The smallest absolute Gasteiger partial charge is 0.287 e. The standard InChI is InChI=1S/C22H24ClN3O2/c1-14-18-4-3-5-19(23)21(18)28-20(14)22(27)25-17-8-12-26(13-9-17)15(2)16-6-10-24-11-7-16/h3-7,10-11,15,17H,8-9,12-13H2,1-2H3,(H,25,27). The molecule has 1 atom stereocenters. The normalized spacial score (nSPS) is 17.0. The molecule has 28 heavy (non-hydrogen) atoms. The van der Waals surface area contributed by atoms with E-state index in [1.165, 1.54) is 5.56 Å². The Labute approximate surface area is 169 Å². The fourth-order valence-corrected chi connectivity index (χ4v) is 4.17. The Kier molecular flexibility index (Phi) is 5.38. The number of pyridine rings is 1. The molecule has 6 heteroatoms. The fourth-order valence-electron chi connectivity index (χ4n) is 3.96. The number of carbonyl (C=O) groups is 1. The van der Waals surface area contributed by atoms with Gasteiger partial charge in [0.15, 0.2) is 11.3 Å². The molecule has 1 aliphatic heterocycles. The van der Waals surface area contributed by atoms with Gasteiger partial charge in [-0.2, -0.15) is 0 Å². The van der Waals surface area contributed by atoms with Crippen molar-refractivity contribution < 1.29 is 9.21 Å². The first-order valence-electron chi connectivity index (χ1n) is 9.67. The van der Waals surface area contributed by atoms with Crippen LogP contribution in [0.4, 0.5) is 0 Å². The highest BCUT2D eigenvalue weighted by Crippen LogP contribution is 2.31. The van der Waals surface area contributed by atoms with Crippen molar-refractivity contribution in [3.05, 3.63) is 64.6 Å². The van der Waals surface area contributed by atoms with Crippen molar-refractivity contribution >= 4 is 28.5 Å². The van der Waals surface area contributed by atoms with Gasteiger partial charge >= 0.3 is 0 Å². The number of halogens is 1. The quantitative estimate of drug-likeness (QED) is 0.690. The number of fused-ring (bicyclic) bond motifs is 1. The predicted octanol–water partition coefficient (Wildman–Crippen LogP) is 4.75. The summed E-state index contributed by atoms with van der Waals surface area (Å²) in [5.74, 6) is 0.195. The van der Waals surface area contributed by atoms with Gasteiger partial charge in [-0.05, 0) is 50.5 Å². The molecule has 1 amide bonds. The molecule has 3 aromatic rings. The topological polar surface area (TPSA) is 58.4 Å². The summed E-state index contributed by atoms with van der Waals surface area (Å²) in [5, 5.41) is 4.56. The highest BCUT2D eigenvalue weighted by Gasteiger charge is 2.26. The summed E-state index contributed by atoms with van der Waals surface area (Å²) in [6, 6.07) is 10.2. The summed E-state index contributed by atoms with van der Waals surface area (Å²) in [5.41, 5.74) is 2.68. The lowest BCUT2D eigenvalue weighted by Gasteiger charge is -2.36. The van der Waals surface area contributed by atoms with E-state index in [4.69, 9.17) is 16.0 Å². The highest BCUT2D eigenvalue weighted by molar-refractivity contribution is 6.35. The van der Waals surface area contributed by atoms with Crippen molar-refractivity contribution in [2.45, 2.75) is 38.8 Å². The van der Waals surface area contributed by atoms with E-state index in [-0.39, 0.29) is 11.9 Å². The number of hydrogen-bond acceptors (Lipinski definition) is 4. The monoisotopic (exact) mass is 397 g/mol. The van der Waals surface area contributed by atoms with Gasteiger partial charge in [0, 0.05) is 48.5 Å². The number of carbonyl (C=O) groups excluding carboxylic acids is 1. The second-order valence-electron chi connectivity index (χ2n) is 7.41. The molecule has 4 rings (SSSR count). The molecule has 0 spiro atoms. The zero-order valence-electron chi connectivity index (χ0n) is 16.1. The summed E-state index contributed by atoms with van der Waals surface area (Å²) in [7, 11) is 0. The van der Waals surface area contributed by atoms with E-state index in [9.17, 15) is 4.79 Å². The molecular weight excluding hydrogens is 374 g/mol. The largest absolute Gasteiger partial charge is 0.449 e. The van der Waals surface area contributed by atoms with E-state index in [0.29, 0.717) is 22.4 Å². The van der Waals surface area contributed by atoms with Gasteiger partial charge in [-0.15, -0.1) is 0 Å². The van der Waals surface area contributed by atoms with E-state index in [0.717, 1.165) is 36.9 Å². The molecule has 0 saturated carbocycles. The van der Waals surface area contributed by atoms with E-state index in [1.807, 2.05) is 31.5 Å². The van der Waals surface area contributed by atoms with Crippen molar-refractivity contribution in [1.29, 1.82) is 0 Å². The first kappa shape index (κ1) is 19.0. The molecule has 3 heterocycles. The molecule has 1 fully saturated rings. The number of rotatable bonds is 4. The number of nitrogens with zero attached hydrogens (tertiary/aromatic N) is 2. The van der Waals surface area contributed by atoms with Crippen LogP contribution < -0.4 is 5.32 Å². The van der Waals surface area contributed by atoms with Gasteiger partial charge in [-0.25, -0.2) is 0 Å². The van der Waals surface area contributed by atoms with Crippen LogP contribution in [0.2, 0.25) is 5.02 Å². The van der Waals surface area contributed by atoms with E-state index in [1.54, 1.807) is 6.07 Å². The molecule has 1 unspecified atom stereocenters. The molecule has 0 bridgehead atoms. The van der Waals surface area contributed by atoms with Crippen molar-refractivity contribution in [1.82, 2.24) is 15.2 Å². The second kappa shape index (κ2) is 7.94. The van der Waals surface area contributed by atoms with Crippen molar-refractivity contribution in [3.63, 3.8) is 0 Å². The summed E-state index contributed by atoms with van der Waals surface area (Å²) in [6.07, 6.45) is 5.50. The van der Waals surface area contributed by atoms with Crippen LogP contribution in [0.25, 0.3) is 11.0 Å². The minimum Gasteiger partial charge on any atom is -0.449 e. The number of furan rings is 1. The number of nitrogens with one attached hydrogen (secondary N) is 1. The minimum atomic E-state index is -0.162. The fraction of sp³-hybridized carbons (Fsp3) is 0.364. The maximum atomic E-state index is 12.8. The van der Waals surface area contributed by atoms with Crippen LogP contribution in [-0.2, 0) is 0 Å². The van der Waals surface area contributed by atoms with Crippen LogP contribution in [-0.4, -0.2) is 34.9 Å². The van der Waals surface area contributed by atoms with Gasteiger partial charge in [0.05, 0.1) is 5.02 Å². The Hall–Kier alpha value is -2.37. The Morgan fingerprint density at radius 3 is 2.64 bits per heavy atom. The van der Waals surface area contributed by atoms with Crippen LogP contribution in [0.5, 0.6) is 0 Å². The number of amides is 1. The molecule has 1 aliphatic rings. The highest BCUT2D eigenvalue weighted by atomic mass is 35.5. The van der Waals surface area contributed by atoms with Gasteiger partial charge in [-0.1, -0.05) is 23.7 Å². The second-order valence-corrected chi connectivity index (χ2v) is 7.82. The predicted molar refractivity (Wildman–Crippen MR) is 111 cm³/mol. The lowest BCUT2D eigenvalue weighted by molar-refractivity contribution is 0.0870. The molecule has 2 aromatic heterocycles. The number of aryl methyl sites for hydroxylation is 1. The average Bonchev–Trinajstić information content (AvgIpc) is 3.07. The number of piperidine rings is 1. The average molecular weight is 398 g/mol. The van der Waals surface area contributed by atoms with Crippen molar-refractivity contribution in [2.75, 3.05) is 13.1 Å². The summed E-state index contributed by atoms with van der Waals surface area (Å²) in [4.78, 5) is 19.3. The maximum absolute atomic E-state index is 12.8. The van der Waals surface area contributed by atoms with E-state index in [2.05, 4.69) is 34.3 Å². The lowest BCUT2D eigenvalue weighted by Crippen LogP contribution is -2.45. The van der Waals surface area contributed by atoms with Crippen LogP contribution in [0.15, 0.2) is 47.1 Å². The zero-order chi connectivity index (χ0) is 19.7. The molecule has 146 valence electrons.